The van der Waals surface area contributed by atoms with Crippen LogP contribution in [0.5, 0.6) is 0 Å². The second-order valence-electron chi connectivity index (χ2n) is 3.28. The summed E-state index contributed by atoms with van der Waals surface area (Å²) in [6, 6.07) is 0. The van der Waals surface area contributed by atoms with E-state index in [2.05, 4.69) is 20.7 Å². The Morgan fingerprint density at radius 2 is 2.07 bits per heavy atom. The van der Waals surface area contributed by atoms with Gasteiger partial charge in [-0.3, -0.25) is 9.52 Å². The van der Waals surface area contributed by atoms with E-state index in [0.29, 0.717) is 12.1 Å². The first kappa shape index (κ1) is 12.5. The standard InChI is InChI=1S/C8H13BrN2O3S/c1-3-4-5-11-8(12)7(9)6(2)10-15(11,13)14/h10H,3-5H2,1-2H3. The highest BCUT2D eigenvalue weighted by molar-refractivity contribution is 9.12. The molecule has 0 saturated carbocycles. The molecule has 0 atom stereocenters. The van der Waals surface area contributed by atoms with Crippen molar-refractivity contribution in [3.63, 3.8) is 0 Å². The molecule has 7 heteroatoms. The number of carbonyl (C=O) groups is 1. The molecule has 1 N–H and O–H groups in total. The van der Waals surface area contributed by atoms with Gasteiger partial charge in [-0.05, 0) is 29.3 Å². The number of nitrogens with zero attached hydrogens (tertiary/aromatic N) is 1. The molecular weight excluding hydrogens is 284 g/mol. The molecule has 0 aromatic rings. The van der Waals surface area contributed by atoms with Crippen LogP contribution >= 0.6 is 15.9 Å². The van der Waals surface area contributed by atoms with Gasteiger partial charge in [0.15, 0.2) is 0 Å². The summed E-state index contributed by atoms with van der Waals surface area (Å²) in [4.78, 5) is 11.7. The fraction of sp³-hybridized carbons (Fsp3) is 0.625. The Hall–Kier alpha value is -0.560. The lowest BCUT2D eigenvalue weighted by atomic mass is 10.3. The smallest absolute Gasteiger partial charge is 0.269 e. The summed E-state index contributed by atoms with van der Waals surface area (Å²) in [6.07, 6.45) is 1.49. The van der Waals surface area contributed by atoms with Gasteiger partial charge in [0.05, 0.1) is 0 Å². The zero-order chi connectivity index (χ0) is 11.6. The Morgan fingerprint density at radius 3 is 2.60 bits per heavy atom. The summed E-state index contributed by atoms with van der Waals surface area (Å²) in [5.74, 6) is -0.500. The van der Waals surface area contributed by atoms with E-state index in [4.69, 9.17) is 0 Å². The van der Waals surface area contributed by atoms with Crippen LogP contribution in [0.15, 0.2) is 10.2 Å². The minimum absolute atomic E-state index is 0.215. The highest BCUT2D eigenvalue weighted by Crippen LogP contribution is 2.21. The Morgan fingerprint density at radius 1 is 1.47 bits per heavy atom. The number of halogens is 1. The monoisotopic (exact) mass is 296 g/mol. The van der Waals surface area contributed by atoms with E-state index >= 15 is 0 Å². The SMILES string of the molecule is CCCCN1C(=O)C(Br)=C(C)NS1(=O)=O. The molecule has 86 valence electrons. The summed E-state index contributed by atoms with van der Waals surface area (Å²) in [7, 11) is -3.68. The van der Waals surface area contributed by atoms with E-state index in [1.165, 1.54) is 6.92 Å². The lowest BCUT2D eigenvalue weighted by Crippen LogP contribution is -2.48. The summed E-state index contributed by atoms with van der Waals surface area (Å²) in [5, 5.41) is 0. The Labute approximate surface area is 97.8 Å². The van der Waals surface area contributed by atoms with Crippen molar-refractivity contribution in [1.29, 1.82) is 0 Å². The number of amides is 1. The second-order valence-corrected chi connectivity index (χ2v) is 5.66. The largest absolute Gasteiger partial charge is 0.326 e. The molecular formula is C8H13BrN2O3S. The second kappa shape index (κ2) is 4.52. The zero-order valence-corrected chi connectivity index (χ0v) is 11.0. The van der Waals surface area contributed by atoms with Gasteiger partial charge in [-0.15, -0.1) is 0 Å². The van der Waals surface area contributed by atoms with Gasteiger partial charge in [0.1, 0.15) is 4.48 Å². The highest BCUT2D eigenvalue weighted by atomic mass is 79.9. The average Bonchev–Trinajstić information content (AvgIpc) is 2.14. The molecule has 1 aliphatic heterocycles. The topological polar surface area (TPSA) is 66.5 Å². The molecule has 0 aromatic heterocycles. The van der Waals surface area contributed by atoms with Crippen LogP contribution in [0.3, 0.4) is 0 Å². The van der Waals surface area contributed by atoms with Gasteiger partial charge in [0, 0.05) is 12.2 Å². The van der Waals surface area contributed by atoms with Crippen molar-refractivity contribution < 1.29 is 13.2 Å². The van der Waals surface area contributed by atoms with E-state index < -0.39 is 16.1 Å². The maximum Gasteiger partial charge on any atom is 0.326 e. The normalized spacial score (nSPS) is 20.5. The van der Waals surface area contributed by atoms with E-state index in [0.717, 1.165) is 10.7 Å². The van der Waals surface area contributed by atoms with Crippen LogP contribution in [-0.4, -0.2) is 25.2 Å². The molecule has 1 amide bonds. The number of hydrogen-bond donors (Lipinski definition) is 1. The van der Waals surface area contributed by atoms with Gasteiger partial charge >= 0.3 is 10.2 Å². The zero-order valence-electron chi connectivity index (χ0n) is 8.58. The number of nitrogens with one attached hydrogen (secondary N) is 1. The van der Waals surface area contributed by atoms with Crippen LogP contribution in [0, 0.1) is 0 Å². The minimum Gasteiger partial charge on any atom is -0.269 e. The molecule has 0 saturated heterocycles. The van der Waals surface area contributed by atoms with Gasteiger partial charge in [0.2, 0.25) is 0 Å². The average molecular weight is 297 g/mol. The van der Waals surface area contributed by atoms with Crippen molar-refractivity contribution in [3.8, 4) is 0 Å². The van der Waals surface area contributed by atoms with Crippen molar-refractivity contribution >= 4 is 32.0 Å². The Kier molecular flexibility index (Phi) is 3.77. The molecule has 0 aromatic carbocycles. The summed E-state index contributed by atoms with van der Waals surface area (Å²) < 4.78 is 26.6. The predicted molar refractivity (Wildman–Crippen MR) is 60.3 cm³/mol. The molecule has 0 fully saturated rings. The first-order valence-electron chi connectivity index (χ1n) is 4.61. The van der Waals surface area contributed by atoms with E-state index in [1.54, 1.807) is 0 Å². The predicted octanol–water partition coefficient (Wildman–Crippen LogP) is 1.09. The molecule has 5 nitrogen and oxygen atoms in total. The van der Waals surface area contributed by atoms with Crippen LogP contribution in [0.2, 0.25) is 0 Å². The van der Waals surface area contributed by atoms with E-state index in [9.17, 15) is 13.2 Å². The first-order chi connectivity index (χ1) is 6.90. The lowest BCUT2D eigenvalue weighted by molar-refractivity contribution is -0.122. The molecule has 1 rings (SSSR count). The third kappa shape index (κ3) is 2.52. The van der Waals surface area contributed by atoms with Gasteiger partial charge in [-0.2, -0.15) is 8.42 Å². The Bertz CT molecular complexity index is 402. The molecule has 15 heavy (non-hydrogen) atoms. The van der Waals surface area contributed by atoms with Crippen molar-refractivity contribution in [2.45, 2.75) is 26.7 Å². The maximum atomic E-state index is 11.7. The van der Waals surface area contributed by atoms with Crippen LogP contribution in [0.4, 0.5) is 0 Å². The minimum atomic E-state index is -3.68. The number of carbonyl (C=O) groups excluding carboxylic acids is 1. The molecule has 1 aliphatic rings. The first-order valence-corrected chi connectivity index (χ1v) is 6.84. The molecule has 1 heterocycles. The lowest BCUT2D eigenvalue weighted by Gasteiger charge is -2.27. The summed E-state index contributed by atoms with van der Waals surface area (Å²) in [5.41, 5.74) is 0.327. The quantitative estimate of drug-likeness (QED) is 0.848. The van der Waals surface area contributed by atoms with Crippen LogP contribution < -0.4 is 4.72 Å². The molecule has 0 bridgehead atoms. The third-order valence-corrected chi connectivity index (χ3v) is 4.46. The summed E-state index contributed by atoms with van der Waals surface area (Å²) in [6.45, 7) is 3.69. The Balaban J connectivity index is 3.01. The maximum absolute atomic E-state index is 11.7. The highest BCUT2D eigenvalue weighted by Gasteiger charge is 2.34. The van der Waals surface area contributed by atoms with Crippen LogP contribution in [-0.2, 0) is 15.0 Å². The van der Waals surface area contributed by atoms with Crippen LogP contribution in [0.25, 0.3) is 0 Å². The number of allylic oxidation sites excluding steroid dienone is 1. The van der Waals surface area contributed by atoms with Gasteiger partial charge < -0.3 is 0 Å². The third-order valence-electron chi connectivity index (χ3n) is 2.03. The van der Waals surface area contributed by atoms with Gasteiger partial charge in [0.25, 0.3) is 5.91 Å². The van der Waals surface area contributed by atoms with Gasteiger partial charge in [-0.25, -0.2) is 4.31 Å². The van der Waals surface area contributed by atoms with E-state index in [-0.39, 0.29) is 11.0 Å². The number of hydrogen-bond acceptors (Lipinski definition) is 3. The van der Waals surface area contributed by atoms with Crippen molar-refractivity contribution in [2.75, 3.05) is 6.54 Å². The molecule has 0 radical (unpaired) electrons. The van der Waals surface area contributed by atoms with Gasteiger partial charge in [-0.1, -0.05) is 13.3 Å². The van der Waals surface area contributed by atoms with Crippen molar-refractivity contribution in [3.05, 3.63) is 10.2 Å². The van der Waals surface area contributed by atoms with E-state index in [1.807, 2.05) is 6.92 Å². The van der Waals surface area contributed by atoms with Crippen molar-refractivity contribution in [1.82, 2.24) is 9.03 Å². The fourth-order valence-electron chi connectivity index (χ4n) is 1.20. The number of unbranched alkanes of at least 4 members (excludes halogenated alkanes) is 1. The fourth-order valence-corrected chi connectivity index (χ4v) is 3.04. The summed E-state index contributed by atoms with van der Waals surface area (Å²) >= 11 is 3.06. The number of rotatable bonds is 3. The molecule has 0 unspecified atom stereocenters. The van der Waals surface area contributed by atoms with Crippen molar-refractivity contribution in [2.24, 2.45) is 0 Å². The molecule has 0 aliphatic carbocycles. The van der Waals surface area contributed by atoms with Crippen LogP contribution in [0.1, 0.15) is 26.7 Å². The molecule has 0 spiro atoms.